The Balaban J connectivity index is 1.40. The van der Waals surface area contributed by atoms with Gasteiger partial charge in [-0.2, -0.15) is 0 Å². The highest BCUT2D eigenvalue weighted by Gasteiger charge is 2.25. The fourth-order valence-electron chi connectivity index (χ4n) is 4.79. The number of H-pyrrole nitrogens is 1. The molecule has 4 aromatic carbocycles. The van der Waals surface area contributed by atoms with Gasteiger partial charge in [0.05, 0.1) is 17.3 Å². The standard InChI is InChI=1S/C32H29FN4O3/c33-24-13-14-28(36-31(39)22-12-11-20-6-1-2-7-21(20)16-22)26(18-24)32(40)37-29(30(38)10-5-15-34)17-23-19-35-27-9-4-3-8-25(23)27/h1-4,6-9,11-14,16,18-19,29,35H,5,10,15,17,34H2,(H,36,39)(H,37,40)/t29-/m0/s1. The van der Waals surface area contributed by atoms with Crippen LogP contribution in [0.2, 0.25) is 0 Å². The molecule has 1 aromatic heterocycles. The Bertz CT molecular complexity index is 1710. The molecule has 0 unspecified atom stereocenters. The number of hydrogen-bond donors (Lipinski definition) is 4. The summed E-state index contributed by atoms with van der Waals surface area (Å²) in [6, 6.07) is 23.3. The van der Waals surface area contributed by atoms with Crippen LogP contribution in [0.4, 0.5) is 10.1 Å². The summed E-state index contributed by atoms with van der Waals surface area (Å²) in [5.74, 6) is -1.93. The number of Topliss-reactive ketones (excluding diaryl/α,β-unsaturated/α-hetero) is 1. The number of anilines is 1. The lowest BCUT2D eigenvalue weighted by Gasteiger charge is -2.19. The molecule has 8 heteroatoms. The first-order valence-corrected chi connectivity index (χ1v) is 13.1. The number of aromatic amines is 1. The highest BCUT2D eigenvalue weighted by Crippen LogP contribution is 2.23. The molecule has 5 rings (SSSR count). The average Bonchev–Trinajstić information content (AvgIpc) is 3.38. The van der Waals surface area contributed by atoms with E-state index in [4.69, 9.17) is 5.73 Å². The van der Waals surface area contributed by atoms with E-state index in [2.05, 4.69) is 15.6 Å². The van der Waals surface area contributed by atoms with E-state index in [0.29, 0.717) is 18.5 Å². The van der Waals surface area contributed by atoms with Crippen molar-refractivity contribution in [3.8, 4) is 0 Å². The normalized spacial score (nSPS) is 11.8. The van der Waals surface area contributed by atoms with Crippen molar-refractivity contribution in [2.75, 3.05) is 11.9 Å². The molecule has 5 aromatic rings. The van der Waals surface area contributed by atoms with Crippen molar-refractivity contribution in [1.29, 1.82) is 0 Å². The third kappa shape index (κ3) is 5.92. The lowest BCUT2D eigenvalue weighted by molar-refractivity contribution is -0.120. The van der Waals surface area contributed by atoms with Gasteiger partial charge in [0.15, 0.2) is 5.78 Å². The molecule has 0 aliphatic rings. The lowest BCUT2D eigenvalue weighted by Crippen LogP contribution is -2.42. The highest BCUT2D eigenvalue weighted by atomic mass is 19.1. The van der Waals surface area contributed by atoms with E-state index in [0.717, 1.165) is 33.3 Å². The number of benzene rings is 4. The van der Waals surface area contributed by atoms with Crippen molar-refractivity contribution in [3.05, 3.63) is 114 Å². The van der Waals surface area contributed by atoms with Crippen LogP contribution in [0.3, 0.4) is 0 Å². The number of carbonyl (C=O) groups excluding carboxylic acids is 3. The van der Waals surface area contributed by atoms with Gasteiger partial charge in [-0.25, -0.2) is 4.39 Å². The summed E-state index contributed by atoms with van der Waals surface area (Å²) >= 11 is 0. The summed E-state index contributed by atoms with van der Waals surface area (Å²) in [5, 5.41) is 8.35. The van der Waals surface area contributed by atoms with E-state index in [-0.39, 0.29) is 29.9 Å². The molecule has 0 bridgehead atoms. The van der Waals surface area contributed by atoms with Gasteiger partial charge in [0.2, 0.25) is 0 Å². The summed E-state index contributed by atoms with van der Waals surface area (Å²) in [6.07, 6.45) is 2.73. The van der Waals surface area contributed by atoms with E-state index < -0.39 is 23.7 Å². The zero-order valence-corrected chi connectivity index (χ0v) is 21.7. The zero-order valence-electron chi connectivity index (χ0n) is 21.7. The summed E-state index contributed by atoms with van der Waals surface area (Å²) in [5.41, 5.74) is 7.85. The molecule has 7 nitrogen and oxygen atoms in total. The number of nitrogens with one attached hydrogen (secondary N) is 3. The molecule has 2 amide bonds. The van der Waals surface area contributed by atoms with Gasteiger partial charge in [0.1, 0.15) is 5.82 Å². The molecular formula is C32H29FN4O3. The molecule has 1 atom stereocenters. The SMILES string of the molecule is NCCCC(=O)[C@H](Cc1c[nH]c2ccccc12)NC(=O)c1cc(F)ccc1NC(=O)c1ccc2ccccc2c1. The van der Waals surface area contributed by atoms with Gasteiger partial charge in [-0.15, -0.1) is 0 Å². The summed E-state index contributed by atoms with van der Waals surface area (Å²) < 4.78 is 14.3. The third-order valence-corrected chi connectivity index (χ3v) is 6.91. The van der Waals surface area contributed by atoms with E-state index in [9.17, 15) is 18.8 Å². The molecule has 40 heavy (non-hydrogen) atoms. The van der Waals surface area contributed by atoms with Crippen molar-refractivity contribution in [2.45, 2.75) is 25.3 Å². The largest absolute Gasteiger partial charge is 0.361 e. The molecule has 0 aliphatic carbocycles. The second kappa shape index (κ2) is 11.9. The van der Waals surface area contributed by atoms with Crippen LogP contribution in [0, 0.1) is 5.82 Å². The zero-order chi connectivity index (χ0) is 28.1. The van der Waals surface area contributed by atoms with Gasteiger partial charge in [0, 0.05) is 35.5 Å². The number of fused-ring (bicyclic) bond motifs is 2. The Labute approximate surface area is 230 Å². The molecule has 0 saturated carbocycles. The van der Waals surface area contributed by atoms with Crippen LogP contribution in [0.1, 0.15) is 39.1 Å². The Kier molecular flexibility index (Phi) is 7.98. The fraction of sp³-hybridized carbons (Fsp3) is 0.156. The summed E-state index contributed by atoms with van der Waals surface area (Å²) in [6.45, 7) is 0.342. The van der Waals surface area contributed by atoms with Crippen LogP contribution in [-0.2, 0) is 11.2 Å². The Morgan fingerprint density at radius 2 is 1.65 bits per heavy atom. The summed E-state index contributed by atoms with van der Waals surface area (Å²) in [7, 11) is 0. The number of hydrogen-bond acceptors (Lipinski definition) is 4. The maximum Gasteiger partial charge on any atom is 0.255 e. The van der Waals surface area contributed by atoms with Gasteiger partial charge in [-0.1, -0.05) is 48.5 Å². The number of carbonyl (C=O) groups is 3. The minimum atomic E-state index is -0.870. The van der Waals surface area contributed by atoms with Crippen LogP contribution >= 0.6 is 0 Å². The smallest absolute Gasteiger partial charge is 0.255 e. The number of rotatable bonds is 10. The van der Waals surface area contributed by atoms with Crippen LogP contribution in [0.5, 0.6) is 0 Å². The number of aromatic nitrogens is 1. The number of nitrogens with two attached hydrogens (primary N) is 1. The lowest BCUT2D eigenvalue weighted by atomic mass is 9.98. The van der Waals surface area contributed by atoms with E-state index >= 15 is 0 Å². The maximum absolute atomic E-state index is 14.3. The van der Waals surface area contributed by atoms with E-state index in [1.165, 1.54) is 12.1 Å². The second-order valence-corrected chi connectivity index (χ2v) is 9.65. The predicted octanol–water partition coefficient (Wildman–Crippen LogP) is 5.36. The molecule has 1 heterocycles. The average molecular weight is 537 g/mol. The Hall–Kier alpha value is -4.82. The van der Waals surface area contributed by atoms with Crippen LogP contribution < -0.4 is 16.4 Å². The van der Waals surface area contributed by atoms with E-state index in [1.54, 1.807) is 12.1 Å². The van der Waals surface area contributed by atoms with Gasteiger partial charge >= 0.3 is 0 Å². The third-order valence-electron chi connectivity index (χ3n) is 6.91. The quantitative estimate of drug-likeness (QED) is 0.192. The Morgan fingerprint density at radius 1 is 0.875 bits per heavy atom. The first-order valence-electron chi connectivity index (χ1n) is 13.1. The molecule has 0 saturated heterocycles. The van der Waals surface area contributed by atoms with Crippen LogP contribution in [0.15, 0.2) is 91.1 Å². The predicted molar refractivity (Wildman–Crippen MR) is 155 cm³/mol. The first-order chi connectivity index (χ1) is 19.4. The topological polar surface area (TPSA) is 117 Å². The van der Waals surface area contributed by atoms with Crippen LogP contribution in [0.25, 0.3) is 21.7 Å². The first kappa shape index (κ1) is 26.8. The number of para-hydroxylation sites is 1. The molecule has 0 aliphatic heterocycles. The van der Waals surface area contributed by atoms with Gasteiger partial charge in [-0.3, -0.25) is 14.4 Å². The molecule has 0 radical (unpaired) electrons. The fourth-order valence-corrected chi connectivity index (χ4v) is 4.79. The van der Waals surface area contributed by atoms with Crippen LogP contribution in [-0.4, -0.2) is 35.2 Å². The number of halogens is 1. The number of amides is 2. The van der Waals surface area contributed by atoms with Gasteiger partial charge in [0.25, 0.3) is 11.8 Å². The van der Waals surface area contributed by atoms with E-state index in [1.807, 2.05) is 60.8 Å². The van der Waals surface area contributed by atoms with Gasteiger partial charge < -0.3 is 21.4 Å². The van der Waals surface area contributed by atoms with Crippen molar-refractivity contribution < 1.29 is 18.8 Å². The van der Waals surface area contributed by atoms with Crippen molar-refractivity contribution in [3.63, 3.8) is 0 Å². The number of ketones is 1. The van der Waals surface area contributed by atoms with Crippen molar-refractivity contribution in [2.24, 2.45) is 5.73 Å². The minimum absolute atomic E-state index is 0.0790. The second-order valence-electron chi connectivity index (χ2n) is 9.65. The summed E-state index contributed by atoms with van der Waals surface area (Å²) in [4.78, 5) is 42.9. The molecule has 5 N–H and O–H groups in total. The van der Waals surface area contributed by atoms with Crippen molar-refractivity contribution >= 4 is 45.0 Å². The monoisotopic (exact) mass is 536 g/mol. The molecular weight excluding hydrogens is 507 g/mol. The maximum atomic E-state index is 14.3. The van der Waals surface area contributed by atoms with Crippen molar-refractivity contribution in [1.82, 2.24) is 10.3 Å². The van der Waals surface area contributed by atoms with Gasteiger partial charge in [-0.05, 0) is 65.7 Å². The highest BCUT2D eigenvalue weighted by molar-refractivity contribution is 6.10. The molecule has 0 fully saturated rings. The molecule has 202 valence electrons. The Morgan fingerprint density at radius 3 is 2.48 bits per heavy atom. The molecule has 0 spiro atoms. The minimum Gasteiger partial charge on any atom is -0.361 e.